The van der Waals surface area contributed by atoms with Gasteiger partial charge in [0.25, 0.3) is 0 Å². The Morgan fingerprint density at radius 1 is 1.03 bits per heavy atom. The molecule has 1 saturated heterocycles. The molecule has 200 valence electrons. The summed E-state index contributed by atoms with van der Waals surface area (Å²) in [4.78, 5) is 16.7. The van der Waals surface area contributed by atoms with Gasteiger partial charge >= 0.3 is 0 Å². The molecule has 0 unspecified atom stereocenters. The standard InChI is InChI=1S/C29H38ClN3O4/c1-21(2)31-29(34)19-33-14-12-32(13-15-33)11-5-4-6-16-36-23-8-9-24-26(20-37-28(24)18-23)25-17-22(30)7-10-27(25)35-3/h7-10,17-18,20-21H,4-6,11-16,19H2,1-3H3,(H,31,34). The Labute approximate surface area is 224 Å². The van der Waals surface area contributed by atoms with Crippen LogP contribution in [-0.4, -0.2) is 74.7 Å². The molecule has 1 fully saturated rings. The van der Waals surface area contributed by atoms with Gasteiger partial charge in [0.1, 0.15) is 17.1 Å². The third-order valence-corrected chi connectivity index (χ3v) is 6.90. The smallest absolute Gasteiger partial charge is 0.234 e. The predicted molar refractivity (Wildman–Crippen MR) is 149 cm³/mol. The third-order valence-electron chi connectivity index (χ3n) is 6.67. The van der Waals surface area contributed by atoms with Crippen molar-refractivity contribution >= 4 is 28.5 Å². The molecule has 37 heavy (non-hydrogen) atoms. The first-order valence-corrected chi connectivity index (χ1v) is 13.5. The van der Waals surface area contributed by atoms with Crippen molar-refractivity contribution in [1.29, 1.82) is 0 Å². The van der Waals surface area contributed by atoms with E-state index < -0.39 is 0 Å². The van der Waals surface area contributed by atoms with Crippen LogP contribution in [0.1, 0.15) is 33.1 Å². The molecule has 1 aromatic heterocycles. The lowest BCUT2D eigenvalue weighted by molar-refractivity contribution is -0.123. The zero-order valence-corrected chi connectivity index (χ0v) is 22.9. The second kappa shape index (κ2) is 13.2. The van der Waals surface area contributed by atoms with Gasteiger partial charge < -0.3 is 24.1 Å². The van der Waals surface area contributed by atoms with Crippen LogP contribution < -0.4 is 14.8 Å². The normalized spacial score (nSPS) is 14.8. The minimum absolute atomic E-state index is 0.122. The van der Waals surface area contributed by atoms with Gasteiger partial charge in [-0.15, -0.1) is 0 Å². The summed E-state index contributed by atoms with van der Waals surface area (Å²) in [6, 6.07) is 11.7. The van der Waals surface area contributed by atoms with Crippen molar-refractivity contribution in [2.24, 2.45) is 0 Å². The first-order valence-electron chi connectivity index (χ1n) is 13.1. The zero-order chi connectivity index (χ0) is 26.2. The van der Waals surface area contributed by atoms with E-state index in [0.29, 0.717) is 18.2 Å². The minimum atomic E-state index is 0.122. The van der Waals surface area contributed by atoms with E-state index in [2.05, 4.69) is 15.1 Å². The van der Waals surface area contributed by atoms with E-state index >= 15 is 0 Å². The molecule has 1 N–H and O–H groups in total. The van der Waals surface area contributed by atoms with Gasteiger partial charge in [0.2, 0.25) is 5.91 Å². The van der Waals surface area contributed by atoms with Crippen molar-refractivity contribution in [3.63, 3.8) is 0 Å². The van der Waals surface area contributed by atoms with E-state index in [0.717, 1.165) is 85.6 Å². The maximum atomic E-state index is 11.9. The fourth-order valence-corrected chi connectivity index (χ4v) is 4.92. The lowest BCUT2D eigenvalue weighted by Crippen LogP contribution is -2.50. The van der Waals surface area contributed by atoms with Crippen LogP contribution in [0.25, 0.3) is 22.1 Å². The number of nitrogens with zero attached hydrogens (tertiary/aromatic N) is 2. The zero-order valence-electron chi connectivity index (χ0n) is 22.1. The summed E-state index contributed by atoms with van der Waals surface area (Å²) in [5.41, 5.74) is 2.62. The van der Waals surface area contributed by atoms with Crippen LogP contribution in [0.4, 0.5) is 0 Å². The molecule has 8 heteroatoms. The maximum absolute atomic E-state index is 11.9. The monoisotopic (exact) mass is 527 g/mol. The van der Waals surface area contributed by atoms with E-state index in [1.54, 1.807) is 13.4 Å². The summed E-state index contributed by atoms with van der Waals surface area (Å²) in [7, 11) is 1.65. The quantitative estimate of drug-likeness (QED) is 0.316. The molecule has 0 aliphatic carbocycles. The van der Waals surface area contributed by atoms with Gasteiger partial charge in [-0.2, -0.15) is 0 Å². The third kappa shape index (κ3) is 7.63. The number of hydrogen-bond donors (Lipinski definition) is 1. The Kier molecular flexibility index (Phi) is 9.72. The van der Waals surface area contributed by atoms with Crippen LogP contribution in [0.15, 0.2) is 47.1 Å². The number of furan rings is 1. The van der Waals surface area contributed by atoms with Gasteiger partial charge in [0, 0.05) is 59.8 Å². The van der Waals surface area contributed by atoms with Crippen LogP contribution in [0.3, 0.4) is 0 Å². The number of halogens is 1. The first-order chi connectivity index (χ1) is 17.9. The van der Waals surface area contributed by atoms with Crippen LogP contribution in [-0.2, 0) is 4.79 Å². The van der Waals surface area contributed by atoms with Crippen LogP contribution >= 0.6 is 11.6 Å². The molecular formula is C29H38ClN3O4. The van der Waals surface area contributed by atoms with Gasteiger partial charge in [0.15, 0.2) is 0 Å². The summed E-state index contributed by atoms with van der Waals surface area (Å²) in [5.74, 6) is 1.68. The number of carbonyl (C=O) groups excluding carboxylic acids is 1. The van der Waals surface area contributed by atoms with Crippen LogP contribution in [0, 0.1) is 0 Å². The van der Waals surface area contributed by atoms with Crippen LogP contribution in [0.2, 0.25) is 5.02 Å². The minimum Gasteiger partial charge on any atom is -0.496 e. The predicted octanol–water partition coefficient (Wildman–Crippen LogP) is 5.45. The fraction of sp³-hybridized carbons (Fsp3) is 0.483. The highest BCUT2D eigenvalue weighted by Gasteiger charge is 2.19. The second-order valence-corrected chi connectivity index (χ2v) is 10.3. The van der Waals surface area contributed by atoms with Gasteiger partial charge in [-0.05, 0) is 70.0 Å². The SMILES string of the molecule is COc1ccc(Cl)cc1-c1coc2cc(OCCCCCN3CCN(CC(=O)NC(C)C)CC3)ccc12. The summed E-state index contributed by atoms with van der Waals surface area (Å²) < 4.78 is 17.3. The van der Waals surface area contributed by atoms with Gasteiger partial charge in [-0.1, -0.05) is 11.6 Å². The number of rotatable bonds is 12. The molecule has 2 aromatic carbocycles. The highest BCUT2D eigenvalue weighted by Crippen LogP contribution is 2.38. The van der Waals surface area contributed by atoms with Gasteiger partial charge in [0.05, 0.1) is 26.5 Å². The summed E-state index contributed by atoms with van der Waals surface area (Å²) in [5, 5.41) is 4.61. The molecule has 7 nitrogen and oxygen atoms in total. The molecule has 0 atom stereocenters. The number of hydrogen-bond acceptors (Lipinski definition) is 6. The molecule has 2 heterocycles. The molecule has 1 amide bonds. The molecule has 0 radical (unpaired) electrons. The number of carbonyl (C=O) groups is 1. The van der Waals surface area contributed by atoms with Crippen molar-refractivity contribution in [1.82, 2.24) is 15.1 Å². The number of piperazine rings is 1. The summed E-state index contributed by atoms with van der Waals surface area (Å²) in [6.45, 7) is 10.2. The Balaban J connectivity index is 1.16. The van der Waals surface area contributed by atoms with Gasteiger partial charge in [-0.25, -0.2) is 0 Å². The number of unbranched alkanes of at least 4 members (excludes halogenated alkanes) is 2. The summed E-state index contributed by atoms with van der Waals surface area (Å²) >= 11 is 6.22. The Bertz CT molecular complexity index is 1170. The van der Waals surface area contributed by atoms with Crippen molar-refractivity contribution in [3.05, 3.63) is 47.7 Å². The van der Waals surface area contributed by atoms with Crippen molar-refractivity contribution in [2.75, 3.05) is 53.0 Å². The number of fused-ring (bicyclic) bond motifs is 1. The number of ether oxygens (including phenoxy) is 2. The lowest BCUT2D eigenvalue weighted by Gasteiger charge is -2.34. The van der Waals surface area contributed by atoms with E-state index in [1.807, 2.05) is 50.2 Å². The number of benzene rings is 2. The molecular weight excluding hydrogens is 490 g/mol. The fourth-order valence-electron chi connectivity index (χ4n) is 4.74. The van der Waals surface area contributed by atoms with Crippen molar-refractivity contribution in [2.45, 2.75) is 39.2 Å². The van der Waals surface area contributed by atoms with E-state index in [1.165, 1.54) is 0 Å². The number of methoxy groups -OCH3 is 1. The van der Waals surface area contributed by atoms with E-state index in [9.17, 15) is 4.79 Å². The highest BCUT2D eigenvalue weighted by atomic mass is 35.5. The maximum Gasteiger partial charge on any atom is 0.234 e. The second-order valence-electron chi connectivity index (χ2n) is 9.90. The van der Waals surface area contributed by atoms with Crippen molar-refractivity contribution in [3.8, 4) is 22.6 Å². The molecule has 0 bridgehead atoms. The largest absolute Gasteiger partial charge is 0.496 e. The van der Waals surface area contributed by atoms with E-state index in [-0.39, 0.29) is 11.9 Å². The average Bonchev–Trinajstić information content (AvgIpc) is 3.29. The van der Waals surface area contributed by atoms with Crippen LogP contribution in [0.5, 0.6) is 11.5 Å². The Hall–Kier alpha value is -2.74. The number of nitrogens with one attached hydrogen (secondary N) is 1. The number of amides is 1. The average molecular weight is 528 g/mol. The lowest BCUT2D eigenvalue weighted by atomic mass is 10.0. The molecule has 0 spiro atoms. The Morgan fingerprint density at radius 3 is 2.57 bits per heavy atom. The molecule has 4 rings (SSSR count). The molecule has 1 aliphatic heterocycles. The molecule has 1 aliphatic rings. The van der Waals surface area contributed by atoms with E-state index in [4.69, 9.17) is 25.5 Å². The molecule has 0 saturated carbocycles. The highest BCUT2D eigenvalue weighted by molar-refractivity contribution is 6.31. The summed E-state index contributed by atoms with van der Waals surface area (Å²) in [6.07, 6.45) is 5.03. The first kappa shape index (κ1) is 27.3. The van der Waals surface area contributed by atoms with Crippen molar-refractivity contribution < 1.29 is 18.7 Å². The molecule has 3 aromatic rings. The topological polar surface area (TPSA) is 67.2 Å². The van der Waals surface area contributed by atoms with Gasteiger partial charge in [-0.3, -0.25) is 9.69 Å². The Morgan fingerprint density at radius 2 is 1.81 bits per heavy atom.